The Morgan fingerprint density at radius 1 is 1.26 bits per heavy atom. The fourth-order valence-corrected chi connectivity index (χ4v) is 1.93. The number of nitrogens with one attached hydrogen (secondary N) is 2. The minimum Gasteiger partial charge on any atom is -0.444 e. The van der Waals surface area contributed by atoms with Gasteiger partial charge in [0.05, 0.1) is 0 Å². The van der Waals surface area contributed by atoms with Crippen molar-refractivity contribution in [1.29, 1.82) is 0 Å². The van der Waals surface area contributed by atoms with Crippen molar-refractivity contribution in [1.82, 2.24) is 10.6 Å². The van der Waals surface area contributed by atoms with Gasteiger partial charge in [0.15, 0.2) is 0 Å². The van der Waals surface area contributed by atoms with Crippen LogP contribution in [0.25, 0.3) is 0 Å². The second-order valence-corrected chi connectivity index (χ2v) is 6.35. The molecular formula is C14H28N2O3. The van der Waals surface area contributed by atoms with Gasteiger partial charge in [-0.1, -0.05) is 0 Å². The molecule has 0 unspecified atom stereocenters. The number of methoxy groups -OCH3 is 1. The summed E-state index contributed by atoms with van der Waals surface area (Å²) in [5.74, 6) is 0. The van der Waals surface area contributed by atoms with Gasteiger partial charge >= 0.3 is 6.09 Å². The monoisotopic (exact) mass is 272 g/mol. The average molecular weight is 272 g/mol. The number of carbonyl (C=O) groups is 1. The molecule has 0 atom stereocenters. The van der Waals surface area contributed by atoms with Crippen LogP contribution >= 0.6 is 0 Å². The van der Waals surface area contributed by atoms with Crippen LogP contribution in [0.2, 0.25) is 0 Å². The van der Waals surface area contributed by atoms with Gasteiger partial charge in [0.2, 0.25) is 0 Å². The number of alkyl carbamates (subject to hydrolysis) is 1. The third-order valence-corrected chi connectivity index (χ3v) is 3.26. The van der Waals surface area contributed by atoms with E-state index in [1.807, 2.05) is 20.8 Å². The quantitative estimate of drug-likeness (QED) is 0.663. The second-order valence-electron chi connectivity index (χ2n) is 6.35. The standard InChI is InChI=1S/C14H28N2O3/c1-13(2,3)19-12(17)16-9-8-15-11-14(5-6-14)7-10-18-4/h15H,5-11H2,1-4H3,(H,16,17). The largest absolute Gasteiger partial charge is 0.444 e. The van der Waals surface area contributed by atoms with Crippen molar-refractivity contribution in [3.63, 3.8) is 0 Å². The molecule has 0 saturated heterocycles. The van der Waals surface area contributed by atoms with Crippen LogP contribution in [0, 0.1) is 5.41 Å². The SMILES string of the molecule is COCCC1(CNCCNC(=O)OC(C)(C)C)CC1. The summed E-state index contributed by atoms with van der Waals surface area (Å²) >= 11 is 0. The highest BCUT2D eigenvalue weighted by atomic mass is 16.6. The Morgan fingerprint density at radius 2 is 1.95 bits per heavy atom. The number of carbonyl (C=O) groups excluding carboxylic acids is 1. The summed E-state index contributed by atoms with van der Waals surface area (Å²) in [7, 11) is 1.74. The lowest BCUT2D eigenvalue weighted by molar-refractivity contribution is 0.0528. The van der Waals surface area contributed by atoms with Gasteiger partial charge in [-0.25, -0.2) is 4.79 Å². The molecule has 0 bridgehead atoms. The zero-order chi connectivity index (χ0) is 14.4. The van der Waals surface area contributed by atoms with E-state index in [0.717, 1.165) is 26.1 Å². The van der Waals surface area contributed by atoms with Gasteiger partial charge in [0, 0.05) is 33.4 Å². The van der Waals surface area contributed by atoms with E-state index in [2.05, 4.69) is 10.6 Å². The first-order valence-corrected chi connectivity index (χ1v) is 7.03. The second kappa shape index (κ2) is 7.10. The minimum absolute atomic E-state index is 0.352. The van der Waals surface area contributed by atoms with E-state index in [-0.39, 0.29) is 6.09 Å². The molecule has 0 aromatic carbocycles. The number of ether oxygens (including phenoxy) is 2. The summed E-state index contributed by atoms with van der Waals surface area (Å²) in [5.41, 5.74) is 0.0116. The number of hydrogen-bond donors (Lipinski definition) is 2. The number of amides is 1. The molecule has 112 valence electrons. The highest BCUT2D eigenvalue weighted by Crippen LogP contribution is 2.48. The van der Waals surface area contributed by atoms with E-state index < -0.39 is 5.60 Å². The van der Waals surface area contributed by atoms with Crippen LogP contribution < -0.4 is 10.6 Å². The van der Waals surface area contributed by atoms with Crippen molar-refractivity contribution in [2.75, 3.05) is 33.4 Å². The zero-order valence-corrected chi connectivity index (χ0v) is 12.7. The van der Waals surface area contributed by atoms with Crippen LogP contribution in [-0.4, -0.2) is 45.0 Å². The fraction of sp³-hybridized carbons (Fsp3) is 0.929. The third-order valence-electron chi connectivity index (χ3n) is 3.26. The first kappa shape index (κ1) is 16.2. The van der Waals surface area contributed by atoms with E-state index in [1.54, 1.807) is 7.11 Å². The van der Waals surface area contributed by atoms with Crippen molar-refractivity contribution < 1.29 is 14.3 Å². The summed E-state index contributed by atoms with van der Waals surface area (Å²) in [6.45, 7) is 8.78. The Labute approximate surface area is 116 Å². The maximum Gasteiger partial charge on any atom is 0.407 e. The number of rotatable bonds is 8. The van der Waals surface area contributed by atoms with Crippen molar-refractivity contribution in [3.05, 3.63) is 0 Å². The maximum absolute atomic E-state index is 11.4. The summed E-state index contributed by atoms with van der Waals surface area (Å²) in [4.78, 5) is 11.4. The highest BCUT2D eigenvalue weighted by Gasteiger charge is 2.41. The molecule has 5 nitrogen and oxygen atoms in total. The summed E-state index contributed by atoms with van der Waals surface area (Å²) in [6.07, 6.45) is 3.33. The van der Waals surface area contributed by atoms with Gasteiger partial charge in [-0.05, 0) is 45.4 Å². The van der Waals surface area contributed by atoms with Crippen LogP contribution in [0.5, 0.6) is 0 Å². The molecule has 1 aliphatic carbocycles. The Morgan fingerprint density at radius 3 is 2.47 bits per heavy atom. The van der Waals surface area contributed by atoms with E-state index in [9.17, 15) is 4.79 Å². The van der Waals surface area contributed by atoms with Gasteiger partial charge < -0.3 is 20.1 Å². The predicted octanol–water partition coefficient (Wildman–Crippen LogP) is 1.92. The zero-order valence-electron chi connectivity index (χ0n) is 12.7. The molecule has 5 heteroatoms. The van der Waals surface area contributed by atoms with E-state index in [0.29, 0.717) is 12.0 Å². The Balaban J connectivity index is 2.01. The Hall–Kier alpha value is -0.810. The predicted molar refractivity (Wildman–Crippen MR) is 75.3 cm³/mol. The molecular weight excluding hydrogens is 244 g/mol. The molecule has 2 N–H and O–H groups in total. The number of hydrogen-bond acceptors (Lipinski definition) is 4. The molecule has 0 aromatic heterocycles. The first-order valence-electron chi connectivity index (χ1n) is 7.03. The lowest BCUT2D eigenvalue weighted by Crippen LogP contribution is -2.37. The topological polar surface area (TPSA) is 59.6 Å². The van der Waals surface area contributed by atoms with Crippen molar-refractivity contribution in [2.45, 2.75) is 45.6 Å². The van der Waals surface area contributed by atoms with Crippen LogP contribution in [-0.2, 0) is 9.47 Å². The Kier molecular flexibility index (Phi) is 6.07. The Bertz CT molecular complexity index is 283. The van der Waals surface area contributed by atoms with Crippen LogP contribution in [0.4, 0.5) is 4.79 Å². The lowest BCUT2D eigenvalue weighted by Gasteiger charge is -2.20. The van der Waals surface area contributed by atoms with Crippen molar-refractivity contribution >= 4 is 6.09 Å². The third kappa shape index (κ3) is 7.38. The minimum atomic E-state index is -0.435. The molecule has 0 aliphatic heterocycles. The molecule has 0 radical (unpaired) electrons. The summed E-state index contributed by atoms with van der Waals surface area (Å²) < 4.78 is 10.3. The molecule has 1 saturated carbocycles. The van der Waals surface area contributed by atoms with E-state index >= 15 is 0 Å². The van der Waals surface area contributed by atoms with Gasteiger partial charge in [0.1, 0.15) is 5.60 Å². The van der Waals surface area contributed by atoms with Crippen LogP contribution in [0.15, 0.2) is 0 Å². The molecule has 1 amide bonds. The lowest BCUT2D eigenvalue weighted by atomic mass is 10.0. The molecule has 1 aliphatic rings. The van der Waals surface area contributed by atoms with Crippen molar-refractivity contribution in [2.24, 2.45) is 5.41 Å². The van der Waals surface area contributed by atoms with Gasteiger partial charge in [0.25, 0.3) is 0 Å². The molecule has 1 rings (SSSR count). The van der Waals surface area contributed by atoms with Gasteiger partial charge in [-0.15, -0.1) is 0 Å². The van der Waals surface area contributed by atoms with Crippen LogP contribution in [0.3, 0.4) is 0 Å². The normalized spacial score (nSPS) is 17.1. The van der Waals surface area contributed by atoms with Crippen LogP contribution in [0.1, 0.15) is 40.0 Å². The smallest absolute Gasteiger partial charge is 0.407 e. The van der Waals surface area contributed by atoms with Gasteiger partial charge in [-0.2, -0.15) is 0 Å². The summed E-state index contributed by atoms with van der Waals surface area (Å²) in [5, 5.41) is 6.13. The van der Waals surface area contributed by atoms with Gasteiger partial charge in [-0.3, -0.25) is 0 Å². The highest BCUT2D eigenvalue weighted by molar-refractivity contribution is 5.67. The summed E-state index contributed by atoms with van der Waals surface area (Å²) in [6, 6.07) is 0. The van der Waals surface area contributed by atoms with Crippen molar-refractivity contribution in [3.8, 4) is 0 Å². The molecule has 0 aromatic rings. The van der Waals surface area contributed by atoms with E-state index in [1.165, 1.54) is 12.8 Å². The maximum atomic E-state index is 11.4. The van der Waals surface area contributed by atoms with E-state index in [4.69, 9.17) is 9.47 Å². The molecule has 0 heterocycles. The molecule has 0 spiro atoms. The molecule has 1 fully saturated rings. The first-order chi connectivity index (χ1) is 8.87. The average Bonchev–Trinajstić information content (AvgIpc) is 3.04. The molecule has 19 heavy (non-hydrogen) atoms. The fourth-order valence-electron chi connectivity index (χ4n) is 1.93.